The van der Waals surface area contributed by atoms with Gasteiger partial charge in [-0.3, -0.25) is 0 Å². The van der Waals surface area contributed by atoms with Crippen LogP contribution in [0.5, 0.6) is 5.75 Å². The van der Waals surface area contributed by atoms with E-state index in [-0.39, 0.29) is 11.3 Å². The zero-order valence-electron chi connectivity index (χ0n) is 19.9. The number of carboxylic acid groups (broad SMARTS) is 1. The van der Waals surface area contributed by atoms with E-state index in [1.807, 2.05) is 31.4 Å². The van der Waals surface area contributed by atoms with Gasteiger partial charge < -0.3 is 19.8 Å². The second-order valence-electron chi connectivity index (χ2n) is 9.25. The topological polar surface area (TPSA) is 74.8 Å². The lowest BCUT2D eigenvalue weighted by atomic mass is 9.81. The van der Waals surface area contributed by atoms with Crippen molar-refractivity contribution in [2.24, 2.45) is 4.99 Å². The first kappa shape index (κ1) is 24.1. The lowest BCUT2D eigenvalue weighted by Crippen LogP contribution is -2.23. The third-order valence-corrected chi connectivity index (χ3v) is 6.20. The van der Waals surface area contributed by atoms with Gasteiger partial charge in [0.05, 0.1) is 11.1 Å². The van der Waals surface area contributed by atoms with E-state index >= 15 is 0 Å². The molecular weight excluding hydrogens is 450 g/mol. The molecule has 7 heteroatoms. The zero-order chi connectivity index (χ0) is 25.5. The van der Waals surface area contributed by atoms with Gasteiger partial charge in [-0.15, -0.1) is 0 Å². The fourth-order valence-corrected chi connectivity index (χ4v) is 4.54. The summed E-state index contributed by atoms with van der Waals surface area (Å²) in [5.41, 5.74) is 3.53. The maximum absolute atomic E-state index is 14.4. The van der Waals surface area contributed by atoms with Crippen molar-refractivity contribution in [1.82, 2.24) is 4.57 Å². The van der Waals surface area contributed by atoms with Crippen molar-refractivity contribution in [3.8, 4) is 22.6 Å². The second kappa shape index (κ2) is 8.98. The van der Waals surface area contributed by atoms with Gasteiger partial charge in [0.15, 0.2) is 11.6 Å². The van der Waals surface area contributed by atoms with Crippen LogP contribution in [0.4, 0.5) is 8.78 Å². The number of nitrogens with zero attached hydrogens (tertiary/aromatic N) is 2. The quantitative estimate of drug-likeness (QED) is 0.306. The second-order valence-corrected chi connectivity index (χ2v) is 9.25. The molecule has 0 fully saturated rings. The van der Waals surface area contributed by atoms with Crippen LogP contribution < -0.4 is 0 Å². The third-order valence-electron chi connectivity index (χ3n) is 6.20. The number of aliphatic imine (C=N–C) groups is 1. The van der Waals surface area contributed by atoms with Crippen molar-refractivity contribution >= 4 is 23.1 Å². The minimum atomic E-state index is -1.04. The first-order valence-electron chi connectivity index (χ1n) is 11.1. The van der Waals surface area contributed by atoms with Crippen molar-refractivity contribution in [3.05, 3.63) is 83.1 Å². The highest BCUT2D eigenvalue weighted by Crippen LogP contribution is 2.47. The average molecular weight is 477 g/mol. The Balaban J connectivity index is 2.19. The highest BCUT2D eigenvalue weighted by molar-refractivity contribution is 6.04. The standard InChI is InChI=1S/C28H26F2N2O3/c1-16-13-22-25(23(33)14-16)24(17-5-7-18(8-6-17)27(34)35)26(28(2,3)11-12-31-4)32(22)19-9-10-20(29)21(30)15-19/h5-10,12-15,33H,11H2,1-4H3,(H,34,35). The first-order chi connectivity index (χ1) is 16.5. The third kappa shape index (κ3) is 4.30. The summed E-state index contributed by atoms with van der Waals surface area (Å²) in [6.45, 7) is 5.87. The van der Waals surface area contributed by atoms with Crippen molar-refractivity contribution < 1.29 is 23.8 Å². The molecule has 4 aromatic rings. The Kier molecular flexibility index (Phi) is 6.19. The number of carbonyl (C=O) groups is 1. The molecule has 0 unspecified atom stereocenters. The molecule has 0 saturated carbocycles. The number of rotatable bonds is 6. The SMILES string of the molecule is CN=CCC(C)(C)c1c(-c2ccc(C(=O)O)cc2)c2c(O)cc(C)cc2n1-c1ccc(F)c(F)c1. The van der Waals surface area contributed by atoms with Gasteiger partial charge in [-0.1, -0.05) is 26.0 Å². The monoisotopic (exact) mass is 476 g/mol. The van der Waals surface area contributed by atoms with Crippen LogP contribution in [-0.4, -0.2) is 34.0 Å². The number of phenolic OH excluding ortho intramolecular Hbond substituents is 1. The molecule has 0 bridgehead atoms. The summed E-state index contributed by atoms with van der Waals surface area (Å²) in [5.74, 6) is -2.93. The maximum atomic E-state index is 14.4. The van der Waals surface area contributed by atoms with Crippen LogP contribution in [0.25, 0.3) is 27.7 Å². The summed E-state index contributed by atoms with van der Waals surface area (Å²) in [7, 11) is 1.68. The Morgan fingerprint density at radius 2 is 1.74 bits per heavy atom. The predicted octanol–water partition coefficient (Wildman–Crippen LogP) is 6.66. The Labute approximate surface area is 202 Å². The van der Waals surface area contributed by atoms with Crippen LogP contribution in [0, 0.1) is 18.6 Å². The van der Waals surface area contributed by atoms with E-state index in [1.54, 1.807) is 31.5 Å². The number of aryl methyl sites for hydroxylation is 1. The van der Waals surface area contributed by atoms with Gasteiger partial charge in [-0.25, -0.2) is 13.6 Å². The lowest BCUT2D eigenvalue weighted by Gasteiger charge is -2.28. The van der Waals surface area contributed by atoms with E-state index in [4.69, 9.17) is 0 Å². The number of hydrogen-bond donors (Lipinski definition) is 2. The van der Waals surface area contributed by atoms with E-state index in [1.165, 1.54) is 18.2 Å². The molecule has 0 aliphatic carbocycles. The van der Waals surface area contributed by atoms with Crippen LogP contribution in [0.3, 0.4) is 0 Å². The number of hydrogen-bond acceptors (Lipinski definition) is 3. The normalized spacial score (nSPS) is 12.1. The summed E-state index contributed by atoms with van der Waals surface area (Å²) in [6, 6.07) is 13.7. The molecule has 35 heavy (non-hydrogen) atoms. The summed E-state index contributed by atoms with van der Waals surface area (Å²) in [5, 5.41) is 21.0. The molecule has 0 radical (unpaired) electrons. The maximum Gasteiger partial charge on any atom is 0.335 e. The number of aromatic hydroxyl groups is 1. The summed E-state index contributed by atoms with van der Waals surface area (Å²) in [6.07, 6.45) is 2.32. The summed E-state index contributed by atoms with van der Waals surface area (Å²) < 4.78 is 30.1. The smallest absolute Gasteiger partial charge is 0.335 e. The molecule has 2 N–H and O–H groups in total. The largest absolute Gasteiger partial charge is 0.507 e. The Morgan fingerprint density at radius 3 is 2.34 bits per heavy atom. The van der Waals surface area contributed by atoms with E-state index in [9.17, 15) is 23.8 Å². The number of carboxylic acids is 1. The first-order valence-corrected chi connectivity index (χ1v) is 11.1. The highest BCUT2D eigenvalue weighted by Gasteiger charge is 2.32. The van der Waals surface area contributed by atoms with Crippen molar-refractivity contribution in [1.29, 1.82) is 0 Å². The fraction of sp³-hybridized carbons (Fsp3) is 0.214. The average Bonchev–Trinajstić information content (AvgIpc) is 3.16. The Morgan fingerprint density at radius 1 is 1.06 bits per heavy atom. The van der Waals surface area contributed by atoms with Crippen LogP contribution in [-0.2, 0) is 5.41 Å². The molecule has 5 nitrogen and oxygen atoms in total. The van der Waals surface area contributed by atoms with Gasteiger partial charge in [0.2, 0.25) is 0 Å². The molecule has 1 heterocycles. The predicted molar refractivity (Wildman–Crippen MR) is 134 cm³/mol. The van der Waals surface area contributed by atoms with E-state index < -0.39 is 23.0 Å². The number of phenols is 1. The van der Waals surface area contributed by atoms with Crippen LogP contribution >= 0.6 is 0 Å². The van der Waals surface area contributed by atoms with Gasteiger partial charge in [0.1, 0.15) is 5.75 Å². The van der Waals surface area contributed by atoms with Crippen molar-refractivity contribution in [3.63, 3.8) is 0 Å². The van der Waals surface area contributed by atoms with Crippen molar-refractivity contribution in [2.75, 3.05) is 7.05 Å². The lowest BCUT2D eigenvalue weighted by molar-refractivity contribution is 0.0697. The molecule has 0 amide bonds. The molecular formula is C28H26F2N2O3. The van der Waals surface area contributed by atoms with E-state index in [0.717, 1.165) is 23.4 Å². The van der Waals surface area contributed by atoms with E-state index in [2.05, 4.69) is 4.99 Å². The minimum Gasteiger partial charge on any atom is -0.507 e. The van der Waals surface area contributed by atoms with E-state index in [0.29, 0.717) is 34.1 Å². The van der Waals surface area contributed by atoms with Crippen molar-refractivity contribution in [2.45, 2.75) is 32.6 Å². The number of benzene rings is 3. The number of fused-ring (bicyclic) bond motifs is 1. The molecule has 0 atom stereocenters. The van der Waals surface area contributed by atoms with Gasteiger partial charge in [-0.2, -0.15) is 0 Å². The number of aromatic nitrogens is 1. The number of aromatic carboxylic acids is 1. The van der Waals surface area contributed by atoms with Gasteiger partial charge in [0, 0.05) is 40.9 Å². The molecule has 0 saturated heterocycles. The Hall–Kier alpha value is -4.00. The molecule has 180 valence electrons. The molecule has 3 aromatic carbocycles. The van der Waals surface area contributed by atoms with Crippen LogP contribution in [0.1, 0.15) is 41.9 Å². The fourth-order valence-electron chi connectivity index (χ4n) is 4.54. The minimum absolute atomic E-state index is 0.0415. The molecule has 0 aliphatic rings. The highest BCUT2D eigenvalue weighted by atomic mass is 19.2. The molecule has 0 spiro atoms. The summed E-state index contributed by atoms with van der Waals surface area (Å²) >= 11 is 0. The van der Waals surface area contributed by atoms with Crippen LogP contribution in [0.2, 0.25) is 0 Å². The van der Waals surface area contributed by atoms with Gasteiger partial charge in [-0.05, 0) is 67.1 Å². The zero-order valence-corrected chi connectivity index (χ0v) is 19.9. The van der Waals surface area contributed by atoms with Gasteiger partial charge in [0.25, 0.3) is 0 Å². The van der Waals surface area contributed by atoms with Gasteiger partial charge >= 0.3 is 5.97 Å². The summed E-state index contributed by atoms with van der Waals surface area (Å²) in [4.78, 5) is 15.6. The molecule has 1 aromatic heterocycles. The van der Waals surface area contributed by atoms with Crippen LogP contribution in [0.15, 0.2) is 59.6 Å². The molecule has 0 aliphatic heterocycles. The number of halogens is 2. The Bertz CT molecular complexity index is 1470. The molecule has 4 rings (SSSR count).